The second kappa shape index (κ2) is 4.08. The van der Waals surface area contributed by atoms with Crippen LogP contribution in [0.15, 0.2) is 0 Å². The Balaban J connectivity index is 2.13. The Morgan fingerprint density at radius 1 is 1.20 bits per heavy atom. The lowest BCUT2D eigenvalue weighted by Gasteiger charge is -2.44. The van der Waals surface area contributed by atoms with E-state index in [1.54, 1.807) is 0 Å². The van der Waals surface area contributed by atoms with E-state index < -0.39 is 0 Å². The normalized spacial score (nSPS) is 45.0. The van der Waals surface area contributed by atoms with E-state index in [1.165, 1.54) is 32.1 Å². The molecular formula is C14H26O. The van der Waals surface area contributed by atoms with Crippen molar-refractivity contribution < 1.29 is 4.74 Å². The summed E-state index contributed by atoms with van der Waals surface area (Å²) in [6, 6.07) is 0. The third kappa shape index (κ3) is 1.84. The van der Waals surface area contributed by atoms with Crippen LogP contribution in [-0.4, -0.2) is 12.7 Å². The van der Waals surface area contributed by atoms with E-state index in [1.807, 2.05) is 7.11 Å². The van der Waals surface area contributed by atoms with E-state index in [0.29, 0.717) is 0 Å². The Hall–Kier alpha value is -0.0400. The van der Waals surface area contributed by atoms with Crippen LogP contribution in [-0.2, 0) is 4.74 Å². The number of hydrogen-bond acceptors (Lipinski definition) is 1. The predicted molar refractivity (Wildman–Crippen MR) is 63.8 cm³/mol. The first kappa shape index (κ1) is 11.4. The maximum Gasteiger partial charge on any atom is 0.0681 e. The van der Waals surface area contributed by atoms with Crippen LogP contribution >= 0.6 is 0 Å². The Kier molecular flexibility index (Phi) is 3.12. The minimum Gasteiger partial charge on any atom is -0.378 e. The molecule has 2 aliphatic rings. The van der Waals surface area contributed by atoms with Crippen molar-refractivity contribution in [2.24, 2.45) is 23.7 Å². The standard InChI is InChI=1S/C14H26O/c1-5-14(15-4)8-11-6-7-12(9-14)13(11)10(2)3/h10-13H,5-9H2,1-4H3. The van der Waals surface area contributed by atoms with Gasteiger partial charge in [0.2, 0.25) is 0 Å². The molecule has 2 fully saturated rings. The largest absolute Gasteiger partial charge is 0.378 e. The number of methoxy groups -OCH3 is 1. The highest BCUT2D eigenvalue weighted by molar-refractivity contribution is 5.00. The molecule has 0 aromatic rings. The molecule has 0 amide bonds. The van der Waals surface area contributed by atoms with Gasteiger partial charge in [-0.15, -0.1) is 0 Å². The quantitative estimate of drug-likeness (QED) is 0.687. The van der Waals surface area contributed by atoms with Crippen LogP contribution in [0.5, 0.6) is 0 Å². The number of hydrogen-bond donors (Lipinski definition) is 0. The lowest BCUT2D eigenvalue weighted by atomic mass is 9.66. The highest BCUT2D eigenvalue weighted by atomic mass is 16.5. The highest BCUT2D eigenvalue weighted by Gasteiger charge is 2.49. The average molecular weight is 210 g/mol. The monoisotopic (exact) mass is 210 g/mol. The molecule has 1 nitrogen and oxygen atoms in total. The fourth-order valence-electron chi connectivity index (χ4n) is 4.40. The summed E-state index contributed by atoms with van der Waals surface area (Å²) >= 11 is 0. The molecule has 2 bridgehead atoms. The number of ether oxygens (including phenoxy) is 1. The molecule has 0 aliphatic heterocycles. The molecule has 0 aromatic carbocycles. The smallest absolute Gasteiger partial charge is 0.0681 e. The van der Waals surface area contributed by atoms with Gasteiger partial charge in [-0.05, 0) is 55.8 Å². The van der Waals surface area contributed by atoms with Crippen molar-refractivity contribution in [1.82, 2.24) is 0 Å². The second-order valence-corrected chi connectivity index (χ2v) is 6.07. The molecule has 0 heterocycles. The number of rotatable bonds is 3. The van der Waals surface area contributed by atoms with E-state index in [-0.39, 0.29) is 5.60 Å². The van der Waals surface area contributed by atoms with Gasteiger partial charge in [0.1, 0.15) is 0 Å². The molecule has 0 spiro atoms. The van der Waals surface area contributed by atoms with E-state index >= 15 is 0 Å². The van der Waals surface area contributed by atoms with Gasteiger partial charge in [-0.1, -0.05) is 20.8 Å². The second-order valence-electron chi connectivity index (χ2n) is 6.07. The van der Waals surface area contributed by atoms with Gasteiger partial charge in [0.05, 0.1) is 5.60 Å². The van der Waals surface area contributed by atoms with Crippen LogP contribution in [0.1, 0.15) is 52.9 Å². The van der Waals surface area contributed by atoms with Gasteiger partial charge >= 0.3 is 0 Å². The third-order valence-electron chi connectivity index (χ3n) is 5.11. The van der Waals surface area contributed by atoms with Crippen molar-refractivity contribution in [3.05, 3.63) is 0 Å². The molecule has 0 radical (unpaired) electrons. The fraction of sp³-hybridized carbons (Fsp3) is 1.00. The van der Waals surface area contributed by atoms with Crippen LogP contribution in [0.3, 0.4) is 0 Å². The zero-order valence-corrected chi connectivity index (χ0v) is 10.8. The molecule has 2 unspecified atom stereocenters. The summed E-state index contributed by atoms with van der Waals surface area (Å²) in [6.07, 6.45) is 6.75. The zero-order valence-electron chi connectivity index (χ0n) is 10.8. The Morgan fingerprint density at radius 2 is 1.73 bits per heavy atom. The van der Waals surface area contributed by atoms with Crippen LogP contribution in [0.4, 0.5) is 0 Å². The summed E-state index contributed by atoms with van der Waals surface area (Å²) in [5, 5.41) is 0. The van der Waals surface area contributed by atoms with E-state index in [4.69, 9.17) is 4.74 Å². The lowest BCUT2D eigenvalue weighted by molar-refractivity contribution is -0.0828. The van der Waals surface area contributed by atoms with Gasteiger partial charge in [0.25, 0.3) is 0 Å². The van der Waals surface area contributed by atoms with Crippen molar-refractivity contribution in [1.29, 1.82) is 0 Å². The maximum absolute atomic E-state index is 5.84. The first-order chi connectivity index (χ1) is 7.12. The Labute approximate surface area is 94.6 Å². The van der Waals surface area contributed by atoms with Gasteiger partial charge in [0.15, 0.2) is 0 Å². The van der Waals surface area contributed by atoms with Crippen molar-refractivity contribution in [2.45, 2.75) is 58.5 Å². The van der Waals surface area contributed by atoms with Gasteiger partial charge < -0.3 is 4.74 Å². The molecule has 88 valence electrons. The van der Waals surface area contributed by atoms with Gasteiger partial charge in [-0.3, -0.25) is 0 Å². The van der Waals surface area contributed by atoms with Gasteiger partial charge in [-0.25, -0.2) is 0 Å². The van der Waals surface area contributed by atoms with Crippen LogP contribution < -0.4 is 0 Å². The molecular weight excluding hydrogens is 184 g/mol. The van der Waals surface area contributed by atoms with Crippen LogP contribution in [0.2, 0.25) is 0 Å². The molecule has 2 atom stereocenters. The molecule has 1 heteroatoms. The molecule has 15 heavy (non-hydrogen) atoms. The molecule has 0 aromatic heterocycles. The van der Waals surface area contributed by atoms with Crippen molar-refractivity contribution in [3.63, 3.8) is 0 Å². The van der Waals surface area contributed by atoms with Crippen molar-refractivity contribution in [3.8, 4) is 0 Å². The molecule has 2 saturated carbocycles. The molecule has 0 saturated heterocycles. The highest BCUT2D eigenvalue weighted by Crippen LogP contribution is 2.54. The molecule has 2 rings (SSSR count). The summed E-state index contributed by atoms with van der Waals surface area (Å²) in [4.78, 5) is 0. The summed E-state index contributed by atoms with van der Waals surface area (Å²) in [5.74, 6) is 3.75. The zero-order chi connectivity index (χ0) is 11.1. The summed E-state index contributed by atoms with van der Waals surface area (Å²) in [6.45, 7) is 7.10. The summed E-state index contributed by atoms with van der Waals surface area (Å²) < 4.78 is 5.84. The SMILES string of the molecule is CCC1(OC)CC2CCC(C1)C2C(C)C. The molecule has 2 aliphatic carbocycles. The maximum atomic E-state index is 5.84. The minimum atomic E-state index is 0.233. The fourth-order valence-corrected chi connectivity index (χ4v) is 4.40. The van der Waals surface area contributed by atoms with E-state index in [0.717, 1.165) is 23.7 Å². The van der Waals surface area contributed by atoms with E-state index in [2.05, 4.69) is 20.8 Å². The summed E-state index contributed by atoms with van der Waals surface area (Å²) in [5.41, 5.74) is 0.233. The van der Waals surface area contributed by atoms with E-state index in [9.17, 15) is 0 Å². The van der Waals surface area contributed by atoms with Crippen LogP contribution in [0, 0.1) is 23.7 Å². The van der Waals surface area contributed by atoms with Gasteiger partial charge in [0, 0.05) is 7.11 Å². The number of fused-ring (bicyclic) bond motifs is 2. The third-order valence-corrected chi connectivity index (χ3v) is 5.11. The summed E-state index contributed by atoms with van der Waals surface area (Å²) in [7, 11) is 1.92. The van der Waals surface area contributed by atoms with Crippen molar-refractivity contribution in [2.75, 3.05) is 7.11 Å². The topological polar surface area (TPSA) is 9.23 Å². The van der Waals surface area contributed by atoms with Gasteiger partial charge in [-0.2, -0.15) is 0 Å². The first-order valence-corrected chi connectivity index (χ1v) is 6.67. The lowest BCUT2D eigenvalue weighted by Crippen LogP contribution is -2.42. The average Bonchev–Trinajstić information content (AvgIpc) is 2.51. The Bertz CT molecular complexity index is 201. The van der Waals surface area contributed by atoms with Crippen LogP contribution in [0.25, 0.3) is 0 Å². The van der Waals surface area contributed by atoms with Crippen molar-refractivity contribution >= 4 is 0 Å². The predicted octanol–water partition coefficient (Wildman–Crippen LogP) is 3.87. The minimum absolute atomic E-state index is 0.233. The first-order valence-electron chi connectivity index (χ1n) is 6.67. The Morgan fingerprint density at radius 3 is 2.07 bits per heavy atom. The molecule has 0 N–H and O–H groups in total.